The van der Waals surface area contributed by atoms with E-state index in [1.165, 1.54) is 11.0 Å². The fourth-order valence-corrected chi connectivity index (χ4v) is 2.34. The number of carbonyl (C=O) groups is 1. The maximum Gasteiger partial charge on any atom is 0.241 e. The van der Waals surface area contributed by atoms with Gasteiger partial charge in [0.05, 0.1) is 13.1 Å². The molecule has 0 fully saturated rings. The molecule has 1 amide bonds. The molecule has 0 aliphatic rings. The van der Waals surface area contributed by atoms with E-state index in [2.05, 4.69) is 31.6 Å². The van der Waals surface area contributed by atoms with Gasteiger partial charge in [-0.15, -0.1) is 24.0 Å². The Labute approximate surface area is 184 Å². The topological polar surface area (TPSA) is 56.7 Å². The zero-order valence-electron chi connectivity index (χ0n) is 15.2. The number of benzene rings is 2. The molecule has 2 aromatic rings. The van der Waals surface area contributed by atoms with Gasteiger partial charge in [-0.3, -0.25) is 4.79 Å². The van der Waals surface area contributed by atoms with Gasteiger partial charge < -0.3 is 15.5 Å². The van der Waals surface area contributed by atoms with Crippen LogP contribution in [0.2, 0.25) is 0 Å². The van der Waals surface area contributed by atoms with Crippen LogP contribution >= 0.6 is 39.9 Å². The Hall–Kier alpha value is -1.68. The number of likely N-dealkylation sites (N-methyl/N-ethyl adjacent to an activating group) is 1. The summed E-state index contributed by atoms with van der Waals surface area (Å²) in [6.45, 7) is 0.821. The third-order valence-electron chi connectivity index (χ3n) is 3.64. The van der Waals surface area contributed by atoms with Crippen LogP contribution in [0.4, 0.5) is 4.39 Å². The number of carbonyl (C=O) groups excluding carboxylic acids is 1. The first-order valence-electron chi connectivity index (χ1n) is 8.16. The number of amides is 1. The third kappa shape index (κ3) is 8.25. The van der Waals surface area contributed by atoms with Crippen LogP contribution in [0.15, 0.2) is 58.0 Å². The van der Waals surface area contributed by atoms with Crippen molar-refractivity contribution in [1.82, 2.24) is 15.5 Å². The molecule has 0 aliphatic heterocycles. The molecule has 2 aromatic carbocycles. The van der Waals surface area contributed by atoms with Gasteiger partial charge in [-0.2, -0.15) is 0 Å². The van der Waals surface area contributed by atoms with Crippen LogP contribution in [0.3, 0.4) is 0 Å². The number of guanidine groups is 1. The van der Waals surface area contributed by atoms with Crippen LogP contribution in [0.25, 0.3) is 0 Å². The van der Waals surface area contributed by atoms with Gasteiger partial charge in [0.25, 0.3) is 0 Å². The minimum absolute atomic E-state index is 0. The number of nitrogens with one attached hydrogen (secondary N) is 2. The second-order valence-corrected chi connectivity index (χ2v) is 6.79. The van der Waals surface area contributed by atoms with Gasteiger partial charge >= 0.3 is 0 Å². The minimum Gasteiger partial charge on any atom is -0.352 e. The van der Waals surface area contributed by atoms with Crippen LogP contribution in [0.5, 0.6) is 0 Å². The van der Waals surface area contributed by atoms with E-state index < -0.39 is 0 Å². The molecule has 0 atom stereocenters. The summed E-state index contributed by atoms with van der Waals surface area (Å²) < 4.78 is 14.8. The average molecular weight is 549 g/mol. The summed E-state index contributed by atoms with van der Waals surface area (Å²) in [4.78, 5) is 17.8. The standard InChI is InChI=1S/C19H22BrFN4O.HI/c1-25(2)18(26)13-24-19(22-11-14-7-9-16(20)10-8-14)23-12-15-5-3-4-6-17(15)21;/h3-10H,11-13H2,1-2H3,(H2,22,23,24);1H. The van der Waals surface area contributed by atoms with E-state index >= 15 is 0 Å². The van der Waals surface area contributed by atoms with Gasteiger partial charge in [0.15, 0.2) is 5.96 Å². The lowest BCUT2D eigenvalue weighted by Gasteiger charge is -2.15. The van der Waals surface area contributed by atoms with Crippen LogP contribution in [-0.4, -0.2) is 37.4 Å². The van der Waals surface area contributed by atoms with Crippen LogP contribution in [-0.2, 0) is 17.9 Å². The second kappa shape index (κ2) is 11.9. The zero-order valence-corrected chi connectivity index (χ0v) is 19.1. The molecule has 27 heavy (non-hydrogen) atoms. The summed E-state index contributed by atoms with van der Waals surface area (Å²) in [5, 5.41) is 6.06. The molecular formula is C19H23BrFIN4O. The Morgan fingerprint density at radius 1 is 1.11 bits per heavy atom. The highest BCUT2D eigenvalue weighted by Gasteiger charge is 2.07. The maximum absolute atomic E-state index is 13.8. The Morgan fingerprint density at radius 3 is 2.41 bits per heavy atom. The minimum atomic E-state index is -0.281. The third-order valence-corrected chi connectivity index (χ3v) is 4.17. The molecule has 0 aliphatic carbocycles. The van der Waals surface area contributed by atoms with Crippen LogP contribution in [0.1, 0.15) is 11.1 Å². The number of nitrogens with zero attached hydrogens (tertiary/aromatic N) is 2. The SMILES string of the molecule is CN(C)C(=O)CNC(=NCc1ccc(Br)cc1)NCc1ccccc1F.I. The molecular weight excluding hydrogens is 526 g/mol. The van der Waals surface area contributed by atoms with Crippen molar-refractivity contribution in [2.45, 2.75) is 13.1 Å². The first-order valence-corrected chi connectivity index (χ1v) is 8.95. The number of hydrogen-bond acceptors (Lipinski definition) is 2. The summed E-state index contributed by atoms with van der Waals surface area (Å²) in [6, 6.07) is 14.4. The van der Waals surface area contributed by atoms with E-state index in [-0.39, 0.29) is 48.8 Å². The molecule has 0 bridgehead atoms. The quantitative estimate of drug-likeness (QED) is 0.330. The lowest BCUT2D eigenvalue weighted by Crippen LogP contribution is -2.42. The highest BCUT2D eigenvalue weighted by Crippen LogP contribution is 2.11. The summed E-state index contributed by atoms with van der Waals surface area (Å²) >= 11 is 3.40. The maximum atomic E-state index is 13.8. The summed E-state index contributed by atoms with van der Waals surface area (Å²) in [5.74, 6) is 0.0945. The number of aliphatic imine (C=N–C) groups is 1. The fraction of sp³-hybridized carbons (Fsp3) is 0.263. The van der Waals surface area contributed by atoms with Crippen molar-refractivity contribution in [1.29, 1.82) is 0 Å². The molecule has 0 radical (unpaired) electrons. The second-order valence-electron chi connectivity index (χ2n) is 5.88. The normalized spacial score (nSPS) is 10.7. The van der Waals surface area contributed by atoms with Crippen molar-refractivity contribution in [2.24, 2.45) is 4.99 Å². The first-order chi connectivity index (χ1) is 12.5. The van der Waals surface area contributed by atoms with E-state index in [9.17, 15) is 9.18 Å². The molecule has 0 spiro atoms. The average Bonchev–Trinajstić information content (AvgIpc) is 2.63. The summed E-state index contributed by atoms with van der Waals surface area (Å²) in [6.07, 6.45) is 0. The zero-order chi connectivity index (χ0) is 18.9. The van der Waals surface area contributed by atoms with Crippen molar-refractivity contribution < 1.29 is 9.18 Å². The van der Waals surface area contributed by atoms with Crippen molar-refractivity contribution in [3.05, 3.63) is 69.9 Å². The Kier molecular flexibility index (Phi) is 10.3. The van der Waals surface area contributed by atoms with Crippen molar-refractivity contribution in [2.75, 3.05) is 20.6 Å². The highest BCUT2D eigenvalue weighted by atomic mass is 127. The predicted octanol–water partition coefficient (Wildman–Crippen LogP) is 3.53. The monoisotopic (exact) mass is 548 g/mol. The van der Waals surface area contributed by atoms with E-state index in [0.29, 0.717) is 18.1 Å². The van der Waals surface area contributed by atoms with Gasteiger partial charge in [-0.25, -0.2) is 9.38 Å². The van der Waals surface area contributed by atoms with Gasteiger partial charge in [-0.1, -0.05) is 46.3 Å². The van der Waals surface area contributed by atoms with Gasteiger partial charge in [0, 0.05) is 30.7 Å². The van der Waals surface area contributed by atoms with Crippen molar-refractivity contribution >= 4 is 51.8 Å². The lowest BCUT2D eigenvalue weighted by atomic mass is 10.2. The van der Waals surface area contributed by atoms with Crippen LogP contribution < -0.4 is 10.6 Å². The largest absolute Gasteiger partial charge is 0.352 e. The number of hydrogen-bond donors (Lipinski definition) is 2. The molecule has 0 saturated heterocycles. The summed E-state index contributed by atoms with van der Waals surface area (Å²) in [7, 11) is 3.38. The van der Waals surface area contributed by atoms with E-state index in [0.717, 1.165) is 10.0 Å². The molecule has 5 nitrogen and oxygen atoms in total. The highest BCUT2D eigenvalue weighted by molar-refractivity contribution is 14.0. The van der Waals surface area contributed by atoms with Gasteiger partial charge in [0.1, 0.15) is 5.82 Å². The van der Waals surface area contributed by atoms with E-state index in [1.807, 2.05) is 24.3 Å². The molecule has 0 aromatic heterocycles. The first kappa shape index (κ1) is 23.4. The fourth-order valence-electron chi connectivity index (χ4n) is 2.07. The Balaban J connectivity index is 0.00000364. The molecule has 0 unspecified atom stereocenters. The smallest absolute Gasteiger partial charge is 0.241 e. The molecule has 0 heterocycles. The van der Waals surface area contributed by atoms with Crippen LogP contribution in [0, 0.1) is 5.82 Å². The van der Waals surface area contributed by atoms with Crippen molar-refractivity contribution in [3.8, 4) is 0 Å². The van der Waals surface area contributed by atoms with E-state index in [4.69, 9.17) is 0 Å². The molecule has 0 saturated carbocycles. The molecule has 146 valence electrons. The Bertz CT molecular complexity index is 769. The predicted molar refractivity (Wildman–Crippen MR) is 121 cm³/mol. The number of halogens is 3. The van der Waals surface area contributed by atoms with E-state index in [1.54, 1.807) is 32.3 Å². The van der Waals surface area contributed by atoms with Crippen molar-refractivity contribution in [3.63, 3.8) is 0 Å². The Morgan fingerprint density at radius 2 is 1.78 bits per heavy atom. The molecule has 8 heteroatoms. The molecule has 2 rings (SSSR count). The van der Waals surface area contributed by atoms with Gasteiger partial charge in [-0.05, 0) is 23.8 Å². The summed E-state index contributed by atoms with van der Waals surface area (Å²) in [5.41, 5.74) is 1.56. The lowest BCUT2D eigenvalue weighted by molar-refractivity contribution is -0.127. The number of rotatable bonds is 6. The molecule has 2 N–H and O–H groups in total. The van der Waals surface area contributed by atoms with Gasteiger partial charge in [0.2, 0.25) is 5.91 Å².